The summed E-state index contributed by atoms with van der Waals surface area (Å²) in [6, 6.07) is 14.4. The Labute approximate surface area is 172 Å². The van der Waals surface area contributed by atoms with E-state index in [0.29, 0.717) is 0 Å². The summed E-state index contributed by atoms with van der Waals surface area (Å²) in [5.74, 6) is 0. The maximum absolute atomic E-state index is 2.44. The number of rotatable bonds is 3. The summed E-state index contributed by atoms with van der Waals surface area (Å²) in [7, 11) is -0.594. The van der Waals surface area contributed by atoms with E-state index in [1.807, 2.05) is 0 Å². The molecule has 0 saturated carbocycles. The molecule has 0 aromatic heterocycles. The van der Waals surface area contributed by atoms with Crippen LogP contribution in [0.3, 0.4) is 0 Å². The summed E-state index contributed by atoms with van der Waals surface area (Å²) >= 11 is 0. The van der Waals surface area contributed by atoms with Gasteiger partial charge in [0.1, 0.15) is 0 Å². The summed E-state index contributed by atoms with van der Waals surface area (Å²) in [4.78, 5) is 0. The van der Waals surface area contributed by atoms with Crippen LogP contribution in [-0.4, -0.2) is 0 Å². The lowest BCUT2D eigenvalue weighted by atomic mass is 10.1. The molecular formula is C27H33P. The third kappa shape index (κ3) is 3.81. The Morgan fingerprint density at radius 2 is 0.536 bits per heavy atom. The van der Waals surface area contributed by atoms with E-state index in [2.05, 4.69) is 98.7 Å². The lowest BCUT2D eigenvalue weighted by Crippen LogP contribution is -2.27. The molecule has 0 spiro atoms. The van der Waals surface area contributed by atoms with Crippen molar-refractivity contribution >= 4 is 23.8 Å². The minimum absolute atomic E-state index is 0.594. The van der Waals surface area contributed by atoms with E-state index in [1.54, 1.807) is 0 Å². The van der Waals surface area contributed by atoms with Crippen molar-refractivity contribution in [2.75, 3.05) is 0 Å². The van der Waals surface area contributed by atoms with Crippen molar-refractivity contribution in [3.05, 3.63) is 86.5 Å². The standard InChI is InChI=1S/C27H33P/c1-16-10-22(7)25(13-19(16)4)28(26-14-20(5)17(2)11-23(26)8)27-15-21(6)18(3)12-24(27)9/h10-15H,1-9H3. The highest BCUT2D eigenvalue weighted by atomic mass is 31.1. The van der Waals surface area contributed by atoms with Crippen LogP contribution >= 0.6 is 7.92 Å². The molecule has 0 saturated heterocycles. The van der Waals surface area contributed by atoms with Gasteiger partial charge in [-0.25, -0.2) is 0 Å². The zero-order valence-electron chi connectivity index (χ0n) is 18.9. The van der Waals surface area contributed by atoms with Gasteiger partial charge in [0.05, 0.1) is 0 Å². The van der Waals surface area contributed by atoms with Crippen LogP contribution in [0.2, 0.25) is 0 Å². The predicted octanol–water partition coefficient (Wildman–Crippen LogP) is 6.22. The van der Waals surface area contributed by atoms with Crippen LogP contribution in [-0.2, 0) is 0 Å². The maximum Gasteiger partial charge on any atom is -0.0119 e. The second-order valence-corrected chi connectivity index (χ2v) is 10.6. The van der Waals surface area contributed by atoms with Gasteiger partial charge in [0.25, 0.3) is 0 Å². The van der Waals surface area contributed by atoms with E-state index < -0.39 is 7.92 Å². The van der Waals surface area contributed by atoms with Crippen molar-refractivity contribution in [1.82, 2.24) is 0 Å². The summed E-state index contributed by atoms with van der Waals surface area (Å²) in [6.07, 6.45) is 0. The van der Waals surface area contributed by atoms with Gasteiger partial charge in [-0.05, 0) is 136 Å². The lowest BCUT2D eigenvalue weighted by Gasteiger charge is -2.27. The minimum Gasteiger partial charge on any atom is -0.0555 e. The highest BCUT2D eigenvalue weighted by molar-refractivity contribution is 7.80. The van der Waals surface area contributed by atoms with Crippen molar-refractivity contribution in [3.8, 4) is 0 Å². The fraction of sp³-hybridized carbons (Fsp3) is 0.333. The number of hydrogen-bond donors (Lipinski definition) is 0. The fourth-order valence-corrected chi connectivity index (χ4v) is 6.95. The van der Waals surface area contributed by atoms with Crippen molar-refractivity contribution in [2.45, 2.75) is 62.3 Å². The van der Waals surface area contributed by atoms with Gasteiger partial charge in [-0.1, -0.05) is 36.4 Å². The minimum atomic E-state index is -0.594. The topological polar surface area (TPSA) is 0 Å². The average Bonchev–Trinajstić information content (AvgIpc) is 2.61. The van der Waals surface area contributed by atoms with E-state index in [0.717, 1.165) is 0 Å². The molecule has 28 heavy (non-hydrogen) atoms. The van der Waals surface area contributed by atoms with E-state index in [9.17, 15) is 0 Å². The first-order valence-corrected chi connectivity index (χ1v) is 11.5. The third-order valence-electron chi connectivity index (χ3n) is 6.16. The molecule has 0 N–H and O–H groups in total. The largest absolute Gasteiger partial charge is 0.0555 e. The second kappa shape index (κ2) is 7.84. The van der Waals surface area contributed by atoms with Gasteiger partial charge in [0.15, 0.2) is 0 Å². The van der Waals surface area contributed by atoms with Crippen LogP contribution in [0.4, 0.5) is 0 Å². The first-order valence-electron chi connectivity index (χ1n) is 10.1. The molecule has 0 radical (unpaired) electrons. The second-order valence-electron chi connectivity index (χ2n) is 8.50. The van der Waals surface area contributed by atoms with Crippen molar-refractivity contribution in [3.63, 3.8) is 0 Å². The highest BCUT2D eigenvalue weighted by Crippen LogP contribution is 2.38. The molecule has 0 bridgehead atoms. The van der Waals surface area contributed by atoms with E-state index in [1.165, 1.54) is 66.0 Å². The van der Waals surface area contributed by atoms with E-state index >= 15 is 0 Å². The van der Waals surface area contributed by atoms with Gasteiger partial charge in [-0.15, -0.1) is 0 Å². The van der Waals surface area contributed by atoms with Crippen molar-refractivity contribution in [2.24, 2.45) is 0 Å². The summed E-state index contributed by atoms with van der Waals surface area (Å²) in [5.41, 5.74) is 12.5. The first kappa shape index (κ1) is 20.8. The van der Waals surface area contributed by atoms with Gasteiger partial charge >= 0.3 is 0 Å². The van der Waals surface area contributed by atoms with Crippen LogP contribution in [0.15, 0.2) is 36.4 Å². The monoisotopic (exact) mass is 388 g/mol. The maximum atomic E-state index is 2.44. The molecule has 3 rings (SSSR count). The van der Waals surface area contributed by atoms with Gasteiger partial charge < -0.3 is 0 Å². The van der Waals surface area contributed by atoms with Gasteiger partial charge in [0.2, 0.25) is 0 Å². The Balaban J connectivity index is 2.38. The van der Waals surface area contributed by atoms with Crippen LogP contribution in [0.25, 0.3) is 0 Å². The van der Waals surface area contributed by atoms with Crippen LogP contribution in [0.1, 0.15) is 50.1 Å². The summed E-state index contributed by atoms with van der Waals surface area (Å²) in [5, 5.41) is 4.49. The molecule has 0 heterocycles. The Hall–Kier alpha value is -1.91. The van der Waals surface area contributed by atoms with Gasteiger partial charge in [-0.2, -0.15) is 0 Å². The van der Waals surface area contributed by atoms with Crippen LogP contribution in [0.5, 0.6) is 0 Å². The SMILES string of the molecule is Cc1cc(C)c(P(c2cc(C)c(C)cc2C)c2cc(C)c(C)cc2C)cc1C. The molecule has 0 aliphatic carbocycles. The molecule has 0 aliphatic rings. The molecule has 3 aromatic carbocycles. The first-order chi connectivity index (χ1) is 13.1. The fourth-order valence-electron chi connectivity index (χ4n) is 3.95. The molecular weight excluding hydrogens is 355 g/mol. The van der Waals surface area contributed by atoms with E-state index in [4.69, 9.17) is 0 Å². The Bertz CT molecular complexity index is 920. The Morgan fingerprint density at radius 1 is 0.321 bits per heavy atom. The zero-order valence-corrected chi connectivity index (χ0v) is 19.8. The molecule has 0 unspecified atom stereocenters. The molecule has 0 nitrogen and oxygen atoms in total. The molecule has 1 heteroatoms. The van der Waals surface area contributed by atoms with Gasteiger partial charge in [0, 0.05) is 0 Å². The third-order valence-corrected chi connectivity index (χ3v) is 9.05. The zero-order chi connectivity index (χ0) is 20.7. The average molecular weight is 389 g/mol. The number of benzene rings is 3. The quantitative estimate of drug-likeness (QED) is 0.467. The molecule has 0 aliphatic heterocycles. The lowest BCUT2D eigenvalue weighted by molar-refractivity contribution is 1.31. The molecule has 0 atom stereocenters. The van der Waals surface area contributed by atoms with Crippen molar-refractivity contribution in [1.29, 1.82) is 0 Å². The number of aryl methyl sites for hydroxylation is 9. The predicted molar refractivity (Wildman–Crippen MR) is 128 cm³/mol. The summed E-state index contributed by atoms with van der Waals surface area (Å²) in [6.45, 7) is 20.2. The normalized spacial score (nSPS) is 11.4. The smallest absolute Gasteiger partial charge is 0.0119 e. The van der Waals surface area contributed by atoms with E-state index in [-0.39, 0.29) is 0 Å². The molecule has 0 amide bonds. The Morgan fingerprint density at radius 3 is 0.786 bits per heavy atom. The molecule has 146 valence electrons. The Kier molecular flexibility index (Phi) is 5.83. The van der Waals surface area contributed by atoms with Crippen LogP contribution in [0, 0.1) is 62.3 Å². The van der Waals surface area contributed by atoms with Crippen LogP contribution < -0.4 is 15.9 Å². The van der Waals surface area contributed by atoms with Gasteiger partial charge in [-0.3, -0.25) is 0 Å². The molecule has 0 fully saturated rings. The summed E-state index contributed by atoms with van der Waals surface area (Å²) < 4.78 is 0. The number of hydrogen-bond acceptors (Lipinski definition) is 0. The molecule has 3 aromatic rings. The van der Waals surface area contributed by atoms with Crippen molar-refractivity contribution < 1.29 is 0 Å². The highest BCUT2D eigenvalue weighted by Gasteiger charge is 2.23.